The largest absolute Gasteiger partial charge is 0.481 e. The molecule has 9 aromatic rings. The van der Waals surface area contributed by atoms with Crippen LogP contribution in [0.25, 0.3) is 43.4 Å². The molecule has 0 saturated heterocycles. The molecule has 1 fully saturated rings. The van der Waals surface area contributed by atoms with Crippen molar-refractivity contribution in [3.63, 3.8) is 0 Å². The van der Waals surface area contributed by atoms with E-state index in [1.54, 1.807) is 35.2 Å². The summed E-state index contributed by atoms with van der Waals surface area (Å²) in [5.74, 6) is -7.49. The molecule has 0 spiro atoms. The van der Waals surface area contributed by atoms with Crippen molar-refractivity contribution in [3.05, 3.63) is 129 Å². The Labute approximate surface area is 555 Å². The van der Waals surface area contributed by atoms with Gasteiger partial charge in [0.25, 0.3) is 11.8 Å². The second kappa shape index (κ2) is 28.7. The number of carboxylic acid groups (broad SMARTS) is 2. The van der Waals surface area contributed by atoms with Crippen molar-refractivity contribution in [2.24, 2.45) is 17.8 Å². The molecule has 1 unspecified atom stereocenters. The summed E-state index contributed by atoms with van der Waals surface area (Å²) in [7, 11) is 2.97. The van der Waals surface area contributed by atoms with Gasteiger partial charge in [0, 0.05) is 70.3 Å². The zero-order valence-corrected chi connectivity index (χ0v) is 55.7. The van der Waals surface area contributed by atoms with Crippen molar-refractivity contribution >= 4 is 121 Å². The standard InChI is InChI=1S/C62H61N13O12S6/c1-28(2)36-18-42(76)48-30(4)92-58(73-48)38(19-45(77)63-5)67-51(79)40-25-88-54(69-40)35-16-17-37(56-71-44(27-91-56)75(21-34-22-87-53(65-34)62(84)85)60(81)32-12-14-33(15-13-32)61(82)83)66-49(35)39-24-89-57(68-39)41-26-90-59(70-41)47(29(3)31-10-8-7-9-11-31)72-46(78)20-64-52(80)50-43(23-86-6)93-55(36)74-50/h7-11,16-17,22,24-29,32-33,36,38,47H,12-15,18-21,23H2,1-6H3,(H,63,77)(H,64,80)(H,67,79)(H,72,78)(H,82,83)(H,84,85)/t29-,32?,33?,36?,38-,47-/m0/s1. The number of carbonyl (C=O) groups excluding carboxylic acids is 6. The van der Waals surface area contributed by atoms with Crippen LogP contribution in [0.3, 0.4) is 0 Å². The topological polar surface area (TPSA) is 354 Å². The molecule has 0 radical (unpaired) electrons. The Hall–Kier alpha value is -8.72. The number of benzene rings is 1. The fourth-order valence-electron chi connectivity index (χ4n) is 10.9. The Morgan fingerprint density at radius 1 is 0.720 bits per heavy atom. The van der Waals surface area contributed by atoms with Gasteiger partial charge in [0.2, 0.25) is 17.7 Å². The number of oxazole rings is 1. The Kier molecular flexibility index (Phi) is 20.3. The lowest BCUT2D eigenvalue weighted by atomic mass is 9.81. The van der Waals surface area contributed by atoms with Crippen LogP contribution >= 0.6 is 68.0 Å². The van der Waals surface area contributed by atoms with Gasteiger partial charge < -0.3 is 40.6 Å². The van der Waals surface area contributed by atoms with Gasteiger partial charge in [-0.3, -0.25) is 38.5 Å². The van der Waals surface area contributed by atoms with Crippen LogP contribution < -0.4 is 26.2 Å². The highest BCUT2D eigenvalue weighted by atomic mass is 32.1. The molecule has 1 saturated carbocycles. The molecule has 4 atom stereocenters. The number of aromatic nitrogens is 8. The maximum Gasteiger partial charge on any atom is 0.392 e. The third-order valence-corrected chi connectivity index (χ3v) is 21.7. The molecule has 5 amide bonds. The van der Waals surface area contributed by atoms with Gasteiger partial charge in [0.1, 0.15) is 71.3 Å². The molecule has 31 heteroatoms. The lowest BCUT2D eigenvalue weighted by molar-refractivity contribution is -0.144. The number of pyridine rings is 1. The predicted octanol–water partition coefficient (Wildman–Crippen LogP) is 10.4. The summed E-state index contributed by atoms with van der Waals surface area (Å²) in [6.07, 6.45) is 2.13. The van der Waals surface area contributed by atoms with Crippen molar-refractivity contribution in [1.29, 1.82) is 0 Å². The van der Waals surface area contributed by atoms with E-state index in [0.717, 1.165) is 23.2 Å². The molecular weight excluding hydrogens is 1310 g/mol. The van der Waals surface area contributed by atoms with E-state index in [-0.39, 0.29) is 78.1 Å². The number of ketones is 1. The number of aliphatic carboxylic acids is 1. The predicted molar refractivity (Wildman–Crippen MR) is 350 cm³/mol. The van der Waals surface area contributed by atoms with Crippen LogP contribution in [0.4, 0.5) is 5.82 Å². The highest BCUT2D eigenvalue weighted by Gasteiger charge is 2.36. The molecular formula is C62H61N13O12S6. The smallest absolute Gasteiger partial charge is 0.392 e. The maximum atomic E-state index is 14.5. The van der Waals surface area contributed by atoms with E-state index >= 15 is 0 Å². The lowest BCUT2D eigenvalue weighted by Crippen LogP contribution is -2.40. The minimum atomic E-state index is -1.39. The van der Waals surface area contributed by atoms with Crippen LogP contribution in [0, 0.1) is 24.7 Å². The maximum absolute atomic E-state index is 14.5. The molecule has 6 N–H and O–H groups in total. The average molecular weight is 1370 g/mol. The molecule has 482 valence electrons. The highest BCUT2D eigenvalue weighted by Crippen LogP contribution is 2.42. The molecule has 11 rings (SSSR count). The van der Waals surface area contributed by atoms with Crippen LogP contribution in [-0.4, -0.2) is 118 Å². The molecule has 8 aromatic heterocycles. The second-order valence-corrected chi connectivity index (χ2v) is 28.3. The van der Waals surface area contributed by atoms with Gasteiger partial charge in [-0.2, -0.15) is 0 Å². The number of ether oxygens (including phenoxy) is 1. The first-order valence-electron chi connectivity index (χ1n) is 29.4. The number of amides is 5. The Bertz CT molecular complexity index is 4290. The van der Waals surface area contributed by atoms with Gasteiger partial charge in [-0.15, -0.1) is 68.0 Å². The van der Waals surface area contributed by atoms with E-state index in [4.69, 9.17) is 44.0 Å². The number of nitrogens with one attached hydrogen (secondary N) is 4. The number of carboxylic acids is 2. The first kappa shape index (κ1) is 65.8. The van der Waals surface area contributed by atoms with Crippen LogP contribution in [0.15, 0.2) is 74.7 Å². The number of anilines is 1. The van der Waals surface area contributed by atoms with Gasteiger partial charge in [-0.1, -0.05) is 51.1 Å². The minimum Gasteiger partial charge on any atom is -0.481 e. The molecule has 25 nitrogen and oxygen atoms in total. The van der Waals surface area contributed by atoms with Crippen molar-refractivity contribution < 1.29 is 57.7 Å². The monoisotopic (exact) mass is 1370 g/mol. The summed E-state index contributed by atoms with van der Waals surface area (Å²) in [5.41, 5.74) is 3.38. The molecule has 1 aliphatic heterocycles. The van der Waals surface area contributed by atoms with Crippen LogP contribution in [-0.2, 0) is 37.1 Å². The molecule has 1 aliphatic carbocycles. The average Bonchev–Trinajstić information content (AvgIpc) is 1.72. The second-order valence-electron chi connectivity index (χ2n) is 22.5. The minimum absolute atomic E-state index is 0.0123. The summed E-state index contributed by atoms with van der Waals surface area (Å²) in [5, 5.41) is 40.3. The van der Waals surface area contributed by atoms with Gasteiger partial charge in [0.15, 0.2) is 5.78 Å². The van der Waals surface area contributed by atoms with E-state index in [0.29, 0.717) is 93.8 Å². The fourth-order valence-corrected chi connectivity index (χ4v) is 16.6. The van der Waals surface area contributed by atoms with Crippen LogP contribution in [0.5, 0.6) is 0 Å². The summed E-state index contributed by atoms with van der Waals surface area (Å²) in [6, 6.07) is 11.5. The number of hydrogen-bond acceptors (Lipinski definition) is 24. The van der Waals surface area contributed by atoms with Crippen molar-refractivity contribution in [3.8, 4) is 43.4 Å². The summed E-state index contributed by atoms with van der Waals surface area (Å²) in [4.78, 5) is 150. The number of fused-ring (bicyclic) bond motifs is 14. The molecule has 2 aliphatic rings. The summed E-state index contributed by atoms with van der Waals surface area (Å²) < 4.78 is 10.7. The number of rotatable bonds is 14. The van der Waals surface area contributed by atoms with Crippen LogP contribution in [0.1, 0.15) is 161 Å². The van der Waals surface area contributed by atoms with Gasteiger partial charge >= 0.3 is 17.8 Å². The quantitative estimate of drug-likeness (QED) is 0.0589. The number of carbonyl (C=O) groups is 8. The number of Topliss-reactive ketones (excluding diaryl/α,β-unsaturated/α-hetero) is 1. The normalized spacial score (nSPS) is 18.5. The van der Waals surface area contributed by atoms with Gasteiger partial charge in [-0.05, 0) is 56.2 Å². The molecule has 10 bridgehead atoms. The third kappa shape index (κ3) is 14.7. The van der Waals surface area contributed by atoms with Gasteiger partial charge in [-0.25, -0.2) is 44.7 Å². The van der Waals surface area contributed by atoms with Crippen LogP contribution in [0.2, 0.25) is 0 Å². The number of aryl methyl sites for hydroxylation is 1. The Morgan fingerprint density at radius 2 is 1.42 bits per heavy atom. The fraction of sp³-hybridized carbons (Fsp3) is 0.355. The Morgan fingerprint density at radius 3 is 2.14 bits per heavy atom. The first-order chi connectivity index (χ1) is 44.7. The van der Waals surface area contributed by atoms with E-state index in [9.17, 15) is 48.6 Å². The summed E-state index contributed by atoms with van der Waals surface area (Å²) >= 11 is 7.38. The zero-order valence-electron chi connectivity index (χ0n) is 50.8. The number of aromatic carboxylic acids is 1. The molecule has 1 aromatic carbocycles. The lowest BCUT2D eigenvalue weighted by Gasteiger charge is -2.29. The highest BCUT2D eigenvalue weighted by molar-refractivity contribution is 7.15. The van der Waals surface area contributed by atoms with E-state index in [1.807, 2.05) is 56.5 Å². The van der Waals surface area contributed by atoms with Gasteiger partial charge in [0.05, 0.1) is 65.4 Å². The van der Waals surface area contributed by atoms with Crippen molar-refractivity contribution in [2.45, 2.75) is 103 Å². The number of methoxy groups -OCH3 is 1. The number of hydrogen-bond donors (Lipinski definition) is 6. The van der Waals surface area contributed by atoms with Crippen molar-refractivity contribution in [2.75, 3.05) is 25.6 Å². The summed E-state index contributed by atoms with van der Waals surface area (Å²) in [6.45, 7) is 7.05. The zero-order chi connectivity index (χ0) is 65.8. The Balaban J connectivity index is 0.988. The molecule has 9 heterocycles. The first-order valence-corrected chi connectivity index (χ1v) is 34.6. The number of thiazole rings is 6. The van der Waals surface area contributed by atoms with Crippen molar-refractivity contribution in [1.82, 2.24) is 61.1 Å². The third-order valence-electron chi connectivity index (χ3n) is 16.0. The van der Waals surface area contributed by atoms with E-state index < -0.39 is 77.8 Å². The van der Waals surface area contributed by atoms with E-state index in [2.05, 4.69) is 26.3 Å². The molecule has 93 heavy (non-hydrogen) atoms. The van der Waals surface area contributed by atoms with E-state index in [1.165, 1.54) is 75.7 Å². The SMILES string of the molecule is CNC(=O)C[C@@H]1NC(=O)c2csc(n2)-c2ccc(-c3nc(N(Cc4coc(C(=O)O)n4)C(=O)C4CCC(C(=O)O)CC4)cs3)nc2-c2csc(n2)-c2csc(n2)[C@H]([C@@H](C)c2ccccc2)NC(=O)CNC(=O)c2nc(sc2COC)C(C(C)C)CC(=O)c2nc1sc2C. The number of nitrogens with zero attached hydrogens (tertiary/aromatic N) is 9.